The lowest BCUT2D eigenvalue weighted by atomic mass is 9.73. The number of hydrogen-bond acceptors (Lipinski definition) is 3. The molecule has 3 N–H and O–H groups in total. The highest BCUT2D eigenvalue weighted by molar-refractivity contribution is 5.96. The van der Waals surface area contributed by atoms with Crippen molar-refractivity contribution in [2.75, 3.05) is 0 Å². The largest absolute Gasteiger partial charge is 0.481 e. The molecule has 6 heteroatoms. The first-order valence-electron chi connectivity index (χ1n) is 7.57. The fraction of sp³-hybridized carbons (Fsp3) is 0.800. The van der Waals surface area contributed by atoms with Gasteiger partial charge in [0.25, 0.3) is 0 Å². The zero-order valence-corrected chi connectivity index (χ0v) is 13.2. The third kappa shape index (κ3) is 4.72. The fourth-order valence-electron chi connectivity index (χ4n) is 2.99. The fourth-order valence-corrected chi connectivity index (χ4v) is 2.99. The quantitative estimate of drug-likeness (QED) is 0.527. The van der Waals surface area contributed by atoms with E-state index >= 15 is 0 Å². The molecule has 1 saturated carbocycles. The number of hydrogen-bond donors (Lipinski definition) is 3. The Morgan fingerprint density at radius 2 is 1.57 bits per heavy atom. The molecule has 1 rings (SSSR count). The van der Waals surface area contributed by atoms with Gasteiger partial charge in [-0.2, -0.15) is 0 Å². The Hall–Kier alpha value is -1.59. The first-order valence-corrected chi connectivity index (χ1v) is 7.57. The molecule has 0 aliphatic heterocycles. The van der Waals surface area contributed by atoms with Crippen LogP contribution in [0.15, 0.2) is 0 Å². The van der Waals surface area contributed by atoms with Gasteiger partial charge in [0, 0.05) is 5.92 Å². The molecule has 0 radical (unpaired) electrons. The van der Waals surface area contributed by atoms with E-state index in [1.807, 2.05) is 0 Å². The van der Waals surface area contributed by atoms with Crippen molar-refractivity contribution in [3.05, 3.63) is 0 Å². The second kappa shape index (κ2) is 7.43. The van der Waals surface area contributed by atoms with Crippen LogP contribution in [0.25, 0.3) is 0 Å². The molecule has 0 aromatic rings. The maximum Gasteiger partial charge on any atom is 0.315 e. The molecule has 6 nitrogen and oxygen atoms in total. The average molecular weight is 298 g/mol. The minimum absolute atomic E-state index is 0.0463. The summed E-state index contributed by atoms with van der Waals surface area (Å²) >= 11 is 0. The van der Waals surface area contributed by atoms with Gasteiger partial charge in [-0.1, -0.05) is 20.3 Å². The molecule has 4 atom stereocenters. The van der Waals surface area contributed by atoms with Crippen LogP contribution in [0.3, 0.4) is 0 Å². The molecule has 0 bridgehead atoms. The van der Waals surface area contributed by atoms with Crippen LogP contribution in [0.1, 0.15) is 47.0 Å². The molecule has 0 saturated heterocycles. The Labute approximate surface area is 125 Å². The summed E-state index contributed by atoms with van der Waals surface area (Å²) in [6, 6.07) is 0. The third-order valence-corrected chi connectivity index (χ3v) is 4.33. The molecule has 120 valence electrons. The lowest BCUT2D eigenvalue weighted by molar-refractivity contribution is -0.146. The van der Waals surface area contributed by atoms with Crippen molar-refractivity contribution in [3.63, 3.8) is 0 Å². The molecule has 1 aliphatic rings. The Kier molecular flexibility index (Phi) is 6.18. The van der Waals surface area contributed by atoms with E-state index in [0.717, 1.165) is 19.3 Å². The molecule has 1 aliphatic carbocycles. The van der Waals surface area contributed by atoms with Crippen molar-refractivity contribution >= 4 is 17.8 Å². The van der Waals surface area contributed by atoms with E-state index in [2.05, 4.69) is 24.5 Å². The van der Waals surface area contributed by atoms with Crippen molar-refractivity contribution < 1.29 is 19.5 Å². The summed E-state index contributed by atoms with van der Waals surface area (Å²) in [4.78, 5) is 34.7. The number of rotatable bonds is 5. The molecule has 2 amide bonds. The summed E-state index contributed by atoms with van der Waals surface area (Å²) in [6.45, 7) is 7.12. The van der Waals surface area contributed by atoms with Gasteiger partial charge < -0.3 is 15.7 Å². The molecule has 0 aromatic heterocycles. The van der Waals surface area contributed by atoms with Gasteiger partial charge in [-0.15, -0.1) is 0 Å². The summed E-state index contributed by atoms with van der Waals surface area (Å²) in [7, 11) is 0. The predicted molar refractivity (Wildman–Crippen MR) is 78.2 cm³/mol. The van der Waals surface area contributed by atoms with Crippen LogP contribution in [0.4, 0.5) is 0 Å². The van der Waals surface area contributed by atoms with E-state index in [1.165, 1.54) is 6.92 Å². The van der Waals surface area contributed by atoms with Crippen LogP contribution < -0.4 is 10.6 Å². The second-order valence-electron chi connectivity index (χ2n) is 6.21. The maximum absolute atomic E-state index is 12.3. The van der Waals surface area contributed by atoms with Crippen LogP contribution in [-0.2, 0) is 14.4 Å². The monoisotopic (exact) mass is 298 g/mol. The Morgan fingerprint density at radius 3 is 2.05 bits per heavy atom. The van der Waals surface area contributed by atoms with E-state index in [1.54, 1.807) is 6.92 Å². The zero-order valence-electron chi connectivity index (χ0n) is 13.2. The Balaban J connectivity index is 2.53. The van der Waals surface area contributed by atoms with Crippen molar-refractivity contribution in [3.8, 4) is 0 Å². The van der Waals surface area contributed by atoms with Gasteiger partial charge >= 0.3 is 5.97 Å². The Morgan fingerprint density at radius 1 is 1.05 bits per heavy atom. The van der Waals surface area contributed by atoms with E-state index in [-0.39, 0.29) is 11.8 Å². The second-order valence-corrected chi connectivity index (χ2v) is 6.21. The van der Waals surface area contributed by atoms with Gasteiger partial charge in [0.15, 0.2) is 0 Å². The van der Waals surface area contributed by atoms with Gasteiger partial charge in [-0.25, -0.2) is 0 Å². The molecule has 1 fully saturated rings. The highest BCUT2D eigenvalue weighted by Crippen LogP contribution is 2.34. The molecule has 0 spiro atoms. The summed E-state index contributed by atoms with van der Waals surface area (Å²) in [5.74, 6) is -2.36. The SMILES string of the molecule is CC(NC(=O)C(C)C(=O)O)NC(=O)C1C(C)CCCC1C. The normalized spacial score (nSPS) is 28.3. The van der Waals surface area contributed by atoms with Crippen molar-refractivity contribution in [2.45, 2.75) is 53.1 Å². The third-order valence-electron chi connectivity index (χ3n) is 4.33. The minimum Gasteiger partial charge on any atom is -0.481 e. The standard InChI is InChI=1S/C15H26N2O4/c1-8-6-5-7-9(2)12(8)14(19)17-11(4)16-13(18)10(3)15(20)21/h8-12H,5-7H2,1-4H3,(H,16,18)(H,17,19)(H,20,21). The number of nitrogens with one attached hydrogen (secondary N) is 2. The van der Waals surface area contributed by atoms with Crippen LogP contribution in [0.5, 0.6) is 0 Å². The van der Waals surface area contributed by atoms with Crippen LogP contribution in [-0.4, -0.2) is 29.1 Å². The molecule has 0 heterocycles. The zero-order chi connectivity index (χ0) is 16.2. The molecule has 0 aromatic carbocycles. The van der Waals surface area contributed by atoms with E-state index < -0.39 is 24.0 Å². The number of carboxylic acid groups (broad SMARTS) is 1. The molecular weight excluding hydrogens is 272 g/mol. The first kappa shape index (κ1) is 17.5. The van der Waals surface area contributed by atoms with Crippen molar-refractivity contribution in [1.82, 2.24) is 10.6 Å². The number of amides is 2. The lowest BCUT2D eigenvalue weighted by Gasteiger charge is -2.34. The maximum atomic E-state index is 12.3. The summed E-state index contributed by atoms with van der Waals surface area (Å²) < 4.78 is 0. The number of aliphatic carboxylic acids is 1. The van der Waals surface area contributed by atoms with Gasteiger partial charge in [-0.05, 0) is 38.5 Å². The number of carbonyl (C=O) groups is 3. The Bertz CT molecular complexity index is 400. The number of carbonyl (C=O) groups excluding carboxylic acids is 2. The first-order chi connectivity index (χ1) is 9.73. The van der Waals surface area contributed by atoms with Gasteiger partial charge in [0.05, 0.1) is 6.17 Å². The van der Waals surface area contributed by atoms with Gasteiger partial charge in [0.1, 0.15) is 5.92 Å². The smallest absolute Gasteiger partial charge is 0.315 e. The number of carboxylic acids is 1. The van der Waals surface area contributed by atoms with Crippen molar-refractivity contribution in [2.24, 2.45) is 23.7 Å². The van der Waals surface area contributed by atoms with Gasteiger partial charge in [-0.3, -0.25) is 14.4 Å². The molecule has 4 unspecified atom stereocenters. The van der Waals surface area contributed by atoms with Crippen LogP contribution in [0, 0.1) is 23.7 Å². The van der Waals surface area contributed by atoms with E-state index in [9.17, 15) is 14.4 Å². The highest BCUT2D eigenvalue weighted by Gasteiger charge is 2.34. The summed E-state index contributed by atoms with van der Waals surface area (Å²) in [6.07, 6.45) is 2.65. The van der Waals surface area contributed by atoms with E-state index in [0.29, 0.717) is 11.8 Å². The van der Waals surface area contributed by atoms with Crippen molar-refractivity contribution in [1.29, 1.82) is 0 Å². The predicted octanol–water partition coefficient (Wildman–Crippen LogP) is 1.36. The highest BCUT2D eigenvalue weighted by atomic mass is 16.4. The van der Waals surface area contributed by atoms with Crippen LogP contribution in [0.2, 0.25) is 0 Å². The average Bonchev–Trinajstić information content (AvgIpc) is 2.36. The van der Waals surface area contributed by atoms with Gasteiger partial charge in [0.2, 0.25) is 11.8 Å². The lowest BCUT2D eigenvalue weighted by Crippen LogP contribution is -2.51. The summed E-state index contributed by atoms with van der Waals surface area (Å²) in [5, 5.41) is 14.1. The molecule has 21 heavy (non-hydrogen) atoms. The molecular formula is C15H26N2O4. The van der Waals surface area contributed by atoms with E-state index in [4.69, 9.17) is 5.11 Å². The minimum atomic E-state index is -1.18. The summed E-state index contributed by atoms with van der Waals surface area (Å²) in [5.41, 5.74) is 0. The van der Waals surface area contributed by atoms with Crippen LogP contribution >= 0.6 is 0 Å². The topological polar surface area (TPSA) is 95.5 Å².